The van der Waals surface area contributed by atoms with Crippen LogP contribution in [0.3, 0.4) is 0 Å². The summed E-state index contributed by atoms with van der Waals surface area (Å²) in [5.41, 5.74) is 0.350. The Morgan fingerprint density at radius 2 is 2.06 bits per heavy atom. The second-order valence-electron chi connectivity index (χ2n) is 5.72. The highest BCUT2D eigenvalue weighted by molar-refractivity contribution is 5.92. The van der Waals surface area contributed by atoms with Crippen LogP contribution < -0.4 is 10.9 Å². The molecule has 1 fully saturated rings. The molecule has 0 unspecified atom stereocenters. The molecule has 5 nitrogen and oxygen atoms in total. The molecule has 98 valence electrons. The van der Waals surface area contributed by atoms with E-state index in [9.17, 15) is 9.59 Å². The van der Waals surface area contributed by atoms with Gasteiger partial charge in [-0.15, -0.1) is 0 Å². The third kappa shape index (κ3) is 3.18. The van der Waals surface area contributed by atoms with Gasteiger partial charge in [-0.2, -0.15) is 5.10 Å². The standard InChI is InChI=1S/C13H19N3O2/c1-13(2)7-5-9(6-8-13)14-12(18)10-3-4-11(17)16-15-10/h3-4,9H,5-8H2,1-2H3,(H,14,18)(H,16,17). The van der Waals surface area contributed by atoms with Gasteiger partial charge in [-0.25, -0.2) is 5.10 Å². The first-order valence-corrected chi connectivity index (χ1v) is 6.33. The van der Waals surface area contributed by atoms with Gasteiger partial charge in [0.2, 0.25) is 0 Å². The number of nitrogens with zero attached hydrogens (tertiary/aromatic N) is 1. The molecule has 1 aliphatic carbocycles. The maximum Gasteiger partial charge on any atom is 0.271 e. The van der Waals surface area contributed by atoms with Crippen molar-refractivity contribution in [3.8, 4) is 0 Å². The molecule has 2 rings (SSSR count). The zero-order valence-corrected chi connectivity index (χ0v) is 10.8. The number of H-pyrrole nitrogens is 1. The second kappa shape index (κ2) is 4.92. The van der Waals surface area contributed by atoms with Crippen LogP contribution in [0.1, 0.15) is 50.0 Å². The summed E-state index contributed by atoms with van der Waals surface area (Å²) in [7, 11) is 0. The molecule has 18 heavy (non-hydrogen) atoms. The summed E-state index contributed by atoms with van der Waals surface area (Å²) in [5.74, 6) is -0.212. The maximum absolute atomic E-state index is 11.9. The third-order valence-corrected chi connectivity index (χ3v) is 3.59. The number of rotatable bonds is 2. The lowest BCUT2D eigenvalue weighted by Gasteiger charge is -2.34. The van der Waals surface area contributed by atoms with E-state index in [1.807, 2.05) is 0 Å². The summed E-state index contributed by atoms with van der Waals surface area (Å²) in [5, 5.41) is 8.96. The van der Waals surface area contributed by atoms with Crippen molar-refractivity contribution < 1.29 is 4.79 Å². The number of aromatic amines is 1. The average Bonchev–Trinajstić information content (AvgIpc) is 2.33. The monoisotopic (exact) mass is 249 g/mol. The predicted molar refractivity (Wildman–Crippen MR) is 68.4 cm³/mol. The molecule has 0 atom stereocenters. The van der Waals surface area contributed by atoms with Gasteiger partial charge in [0, 0.05) is 12.1 Å². The van der Waals surface area contributed by atoms with E-state index in [0.717, 1.165) is 25.7 Å². The summed E-state index contributed by atoms with van der Waals surface area (Å²) in [6.07, 6.45) is 4.25. The van der Waals surface area contributed by atoms with Gasteiger partial charge in [0.25, 0.3) is 11.5 Å². The Balaban J connectivity index is 1.92. The molecule has 0 radical (unpaired) electrons. The molecular weight excluding hydrogens is 230 g/mol. The Morgan fingerprint density at radius 1 is 1.39 bits per heavy atom. The average molecular weight is 249 g/mol. The lowest BCUT2D eigenvalue weighted by molar-refractivity contribution is 0.0903. The zero-order chi connectivity index (χ0) is 13.2. The molecule has 0 spiro atoms. The van der Waals surface area contributed by atoms with Crippen LogP contribution in [0.25, 0.3) is 0 Å². The molecule has 0 saturated heterocycles. The van der Waals surface area contributed by atoms with Crippen molar-refractivity contribution in [2.75, 3.05) is 0 Å². The van der Waals surface area contributed by atoms with Gasteiger partial charge >= 0.3 is 0 Å². The molecule has 0 aliphatic heterocycles. The van der Waals surface area contributed by atoms with Crippen molar-refractivity contribution in [1.29, 1.82) is 0 Å². The number of carbonyl (C=O) groups is 1. The molecule has 0 aromatic carbocycles. The molecule has 1 aliphatic rings. The molecule has 1 amide bonds. The van der Waals surface area contributed by atoms with Crippen LogP contribution >= 0.6 is 0 Å². The van der Waals surface area contributed by atoms with Crippen molar-refractivity contribution in [3.05, 3.63) is 28.2 Å². The van der Waals surface area contributed by atoms with Crippen molar-refractivity contribution in [1.82, 2.24) is 15.5 Å². The quantitative estimate of drug-likeness (QED) is 0.833. The zero-order valence-electron chi connectivity index (χ0n) is 10.8. The van der Waals surface area contributed by atoms with E-state index in [-0.39, 0.29) is 23.2 Å². The number of aromatic nitrogens is 2. The van der Waals surface area contributed by atoms with E-state index in [2.05, 4.69) is 29.4 Å². The van der Waals surface area contributed by atoms with Crippen molar-refractivity contribution in [2.24, 2.45) is 5.41 Å². The number of amides is 1. The molecule has 5 heteroatoms. The third-order valence-electron chi connectivity index (χ3n) is 3.59. The highest BCUT2D eigenvalue weighted by Gasteiger charge is 2.27. The van der Waals surface area contributed by atoms with E-state index in [0.29, 0.717) is 5.41 Å². The van der Waals surface area contributed by atoms with Crippen LogP contribution in [0.2, 0.25) is 0 Å². The topological polar surface area (TPSA) is 74.8 Å². The number of nitrogens with one attached hydrogen (secondary N) is 2. The minimum atomic E-state index is -0.300. The van der Waals surface area contributed by atoms with E-state index < -0.39 is 0 Å². The van der Waals surface area contributed by atoms with Crippen molar-refractivity contribution >= 4 is 5.91 Å². The maximum atomic E-state index is 11.9. The highest BCUT2D eigenvalue weighted by atomic mass is 16.2. The Bertz CT molecular complexity index is 463. The summed E-state index contributed by atoms with van der Waals surface area (Å²) >= 11 is 0. The number of hydrogen-bond donors (Lipinski definition) is 2. The molecule has 1 saturated carbocycles. The van der Waals surface area contributed by atoms with Gasteiger partial charge in [-0.1, -0.05) is 13.8 Å². The molecule has 2 N–H and O–H groups in total. The summed E-state index contributed by atoms with van der Waals surface area (Å²) < 4.78 is 0. The van der Waals surface area contributed by atoms with Gasteiger partial charge in [0.15, 0.2) is 0 Å². The van der Waals surface area contributed by atoms with Gasteiger partial charge in [-0.3, -0.25) is 9.59 Å². The fourth-order valence-electron chi connectivity index (χ4n) is 2.27. The molecular formula is C13H19N3O2. The Morgan fingerprint density at radius 3 is 2.61 bits per heavy atom. The second-order valence-corrected chi connectivity index (χ2v) is 5.72. The first kappa shape index (κ1) is 12.8. The molecule has 1 aromatic rings. The van der Waals surface area contributed by atoms with E-state index in [1.54, 1.807) is 0 Å². The fourth-order valence-corrected chi connectivity index (χ4v) is 2.27. The van der Waals surface area contributed by atoms with Gasteiger partial charge in [-0.05, 0) is 37.2 Å². The van der Waals surface area contributed by atoms with Crippen molar-refractivity contribution in [2.45, 2.75) is 45.6 Å². The first-order valence-electron chi connectivity index (χ1n) is 6.33. The number of carbonyl (C=O) groups excluding carboxylic acids is 1. The van der Waals surface area contributed by atoms with Crippen LogP contribution in [0, 0.1) is 5.41 Å². The summed E-state index contributed by atoms with van der Waals surface area (Å²) in [6.45, 7) is 4.52. The van der Waals surface area contributed by atoms with Crippen LogP contribution in [0.5, 0.6) is 0 Å². The Labute approximate surface area is 106 Å². The minimum Gasteiger partial charge on any atom is -0.348 e. The lowest BCUT2D eigenvalue weighted by atomic mass is 9.75. The van der Waals surface area contributed by atoms with E-state index in [1.165, 1.54) is 12.1 Å². The normalized spacial score (nSPS) is 19.4. The largest absolute Gasteiger partial charge is 0.348 e. The molecule has 0 bridgehead atoms. The first-order chi connectivity index (χ1) is 8.46. The minimum absolute atomic E-state index is 0.212. The number of hydrogen-bond acceptors (Lipinski definition) is 3. The Kier molecular flexibility index (Phi) is 3.50. The van der Waals surface area contributed by atoms with Crippen LogP contribution in [0.15, 0.2) is 16.9 Å². The Hall–Kier alpha value is -1.65. The van der Waals surface area contributed by atoms with Gasteiger partial charge < -0.3 is 5.32 Å². The SMILES string of the molecule is CC1(C)CCC(NC(=O)c2ccc(=O)[nH]n2)CC1. The van der Waals surface area contributed by atoms with Gasteiger partial charge in [0.1, 0.15) is 5.69 Å². The fraction of sp³-hybridized carbons (Fsp3) is 0.615. The summed E-state index contributed by atoms with van der Waals surface area (Å²) in [6, 6.07) is 2.98. The van der Waals surface area contributed by atoms with Gasteiger partial charge in [0.05, 0.1) is 0 Å². The van der Waals surface area contributed by atoms with Crippen LogP contribution in [0.4, 0.5) is 0 Å². The van der Waals surface area contributed by atoms with E-state index in [4.69, 9.17) is 0 Å². The van der Waals surface area contributed by atoms with Crippen LogP contribution in [-0.2, 0) is 0 Å². The smallest absolute Gasteiger partial charge is 0.271 e. The predicted octanol–water partition coefficient (Wildman–Crippen LogP) is 1.47. The lowest BCUT2D eigenvalue weighted by Crippen LogP contribution is -2.39. The molecule has 1 aromatic heterocycles. The van der Waals surface area contributed by atoms with Crippen LogP contribution in [-0.4, -0.2) is 22.1 Å². The van der Waals surface area contributed by atoms with Crippen molar-refractivity contribution in [3.63, 3.8) is 0 Å². The highest BCUT2D eigenvalue weighted by Crippen LogP contribution is 2.34. The molecule has 1 heterocycles. The van der Waals surface area contributed by atoms with E-state index >= 15 is 0 Å². The summed E-state index contributed by atoms with van der Waals surface area (Å²) in [4.78, 5) is 22.7.